The highest BCUT2D eigenvalue weighted by Crippen LogP contribution is 2.21. The fraction of sp³-hybridized carbons (Fsp3) is 0.357. The van der Waals surface area contributed by atoms with Gasteiger partial charge in [0.2, 0.25) is 5.91 Å². The smallest absolute Gasteiger partial charge is 0.244 e. The van der Waals surface area contributed by atoms with Crippen molar-refractivity contribution in [3.63, 3.8) is 0 Å². The van der Waals surface area contributed by atoms with Crippen molar-refractivity contribution < 1.29 is 4.79 Å². The summed E-state index contributed by atoms with van der Waals surface area (Å²) >= 11 is 11.8. The van der Waals surface area contributed by atoms with Gasteiger partial charge in [0.05, 0.1) is 0 Å². The summed E-state index contributed by atoms with van der Waals surface area (Å²) in [7, 11) is 0. The fourth-order valence-electron chi connectivity index (χ4n) is 2.02. The van der Waals surface area contributed by atoms with Crippen molar-refractivity contribution in [1.29, 1.82) is 0 Å². The van der Waals surface area contributed by atoms with Crippen LogP contribution in [0.25, 0.3) is 6.08 Å². The van der Waals surface area contributed by atoms with Gasteiger partial charge in [-0.2, -0.15) is 0 Å². The highest BCUT2D eigenvalue weighted by Gasteiger charge is 2.13. The Morgan fingerprint density at radius 2 is 2.05 bits per heavy atom. The molecule has 19 heavy (non-hydrogen) atoms. The average molecular weight is 299 g/mol. The van der Waals surface area contributed by atoms with E-state index in [0.29, 0.717) is 10.0 Å². The zero-order valence-electron chi connectivity index (χ0n) is 10.5. The first-order chi connectivity index (χ1) is 9.15. The molecule has 0 spiro atoms. The molecule has 1 saturated heterocycles. The van der Waals surface area contributed by atoms with Crippen LogP contribution in [0.4, 0.5) is 0 Å². The van der Waals surface area contributed by atoms with Crippen LogP contribution in [-0.2, 0) is 4.79 Å². The van der Waals surface area contributed by atoms with Gasteiger partial charge in [0.25, 0.3) is 0 Å². The van der Waals surface area contributed by atoms with Crippen LogP contribution >= 0.6 is 23.2 Å². The standard InChI is InChI=1S/C14H16Cl2N2O/c15-11-3-1-10(13(16)9-11)2-4-14(19)18-12-5-7-17-8-6-12/h1-4,9,12,17H,5-8H2,(H,18,19)/b4-2+. The lowest BCUT2D eigenvalue weighted by molar-refractivity contribution is -0.117. The summed E-state index contributed by atoms with van der Waals surface area (Å²) < 4.78 is 0. The first-order valence-electron chi connectivity index (χ1n) is 6.29. The third-order valence-electron chi connectivity index (χ3n) is 3.06. The largest absolute Gasteiger partial charge is 0.350 e. The summed E-state index contributed by atoms with van der Waals surface area (Å²) in [6, 6.07) is 5.46. The molecular formula is C14H16Cl2N2O. The van der Waals surface area contributed by atoms with Crippen molar-refractivity contribution >= 4 is 35.2 Å². The number of piperidine rings is 1. The van der Waals surface area contributed by atoms with Crippen molar-refractivity contribution in [3.05, 3.63) is 39.9 Å². The van der Waals surface area contributed by atoms with Crippen LogP contribution in [0.2, 0.25) is 10.0 Å². The van der Waals surface area contributed by atoms with Crippen LogP contribution in [0.5, 0.6) is 0 Å². The second kappa shape index (κ2) is 6.94. The number of carbonyl (C=O) groups is 1. The van der Waals surface area contributed by atoms with Gasteiger partial charge in [-0.25, -0.2) is 0 Å². The topological polar surface area (TPSA) is 41.1 Å². The van der Waals surface area contributed by atoms with Gasteiger partial charge < -0.3 is 10.6 Å². The minimum atomic E-state index is -0.0853. The fourth-order valence-corrected chi connectivity index (χ4v) is 2.49. The Labute approximate surface area is 123 Å². The molecule has 1 aromatic carbocycles. The van der Waals surface area contributed by atoms with Crippen molar-refractivity contribution in [1.82, 2.24) is 10.6 Å². The zero-order valence-corrected chi connectivity index (χ0v) is 12.0. The van der Waals surface area contributed by atoms with Gasteiger partial charge in [0.1, 0.15) is 0 Å². The Kier molecular flexibility index (Phi) is 5.25. The van der Waals surface area contributed by atoms with E-state index in [2.05, 4.69) is 10.6 Å². The Morgan fingerprint density at radius 3 is 2.74 bits per heavy atom. The van der Waals surface area contributed by atoms with Crippen molar-refractivity contribution in [2.75, 3.05) is 13.1 Å². The third-order valence-corrected chi connectivity index (χ3v) is 3.62. The molecule has 5 heteroatoms. The van der Waals surface area contributed by atoms with Crippen molar-refractivity contribution in [3.8, 4) is 0 Å². The molecule has 3 nitrogen and oxygen atoms in total. The third kappa shape index (κ3) is 4.53. The predicted octanol–water partition coefficient (Wildman–Crippen LogP) is 2.87. The van der Waals surface area contributed by atoms with Crippen LogP contribution in [0.3, 0.4) is 0 Å². The Balaban J connectivity index is 1.92. The van der Waals surface area contributed by atoms with E-state index in [0.717, 1.165) is 31.5 Å². The van der Waals surface area contributed by atoms with E-state index < -0.39 is 0 Å². The van der Waals surface area contributed by atoms with E-state index in [1.54, 1.807) is 24.3 Å². The normalized spacial score (nSPS) is 16.7. The SMILES string of the molecule is O=C(/C=C/c1ccc(Cl)cc1Cl)NC1CCNCC1. The lowest BCUT2D eigenvalue weighted by Crippen LogP contribution is -2.42. The number of nitrogens with one attached hydrogen (secondary N) is 2. The molecule has 0 aromatic heterocycles. The number of halogens is 2. The second-order valence-corrected chi connectivity index (χ2v) is 5.38. The number of hydrogen-bond acceptors (Lipinski definition) is 2. The van der Waals surface area contributed by atoms with E-state index in [1.807, 2.05) is 0 Å². The predicted molar refractivity (Wildman–Crippen MR) is 79.5 cm³/mol. The first-order valence-corrected chi connectivity index (χ1v) is 7.05. The number of amides is 1. The van der Waals surface area contributed by atoms with Gasteiger partial charge in [-0.3, -0.25) is 4.79 Å². The van der Waals surface area contributed by atoms with Gasteiger partial charge in [-0.1, -0.05) is 29.3 Å². The molecule has 0 saturated carbocycles. The lowest BCUT2D eigenvalue weighted by atomic mass is 10.1. The van der Waals surface area contributed by atoms with Crippen molar-refractivity contribution in [2.24, 2.45) is 0 Å². The monoisotopic (exact) mass is 298 g/mol. The maximum Gasteiger partial charge on any atom is 0.244 e. The molecule has 2 rings (SSSR count). The molecule has 0 bridgehead atoms. The number of hydrogen-bond donors (Lipinski definition) is 2. The molecule has 1 aliphatic heterocycles. The molecule has 0 atom stereocenters. The average Bonchev–Trinajstić information content (AvgIpc) is 2.39. The molecule has 0 radical (unpaired) electrons. The highest BCUT2D eigenvalue weighted by atomic mass is 35.5. The molecule has 2 N–H and O–H groups in total. The molecule has 1 heterocycles. The van der Waals surface area contributed by atoms with Crippen LogP contribution in [0.1, 0.15) is 18.4 Å². The van der Waals surface area contributed by atoms with Crippen LogP contribution in [0, 0.1) is 0 Å². The molecule has 1 amide bonds. The molecule has 1 aliphatic rings. The van der Waals surface area contributed by atoms with E-state index in [9.17, 15) is 4.79 Å². The molecule has 0 aliphatic carbocycles. The Morgan fingerprint density at radius 1 is 1.32 bits per heavy atom. The van der Waals surface area contributed by atoms with Crippen LogP contribution in [-0.4, -0.2) is 25.0 Å². The molecule has 1 aromatic rings. The summed E-state index contributed by atoms with van der Waals surface area (Å²) in [6.07, 6.45) is 5.16. The van der Waals surface area contributed by atoms with E-state index >= 15 is 0 Å². The van der Waals surface area contributed by atoms with E-state index in [4.69, 9.17) is 23.2 Å². The summed E-state index contributed by atoms with van der Waals surface area (Å²) in [5, 5.41) is 7.37. The lowest BCUT2D eigenvalue weighted by Gasteiger charge is -2.22. The zero-order chi connectivity index (χ0) is 13.7. The second-order valence-electron chi connectivity index (χ2n) is 4.53. The summed E-state index contributed by atoms with van der Waals surface area (Å²) in [5.41, 5.74) is 0.784. The Bertz CT molecular complexity index is 482. The molecular weight excluding hydrogens is 283 g/mol. The van der Waals surface area contributed by atoms with E-state index in [-0.39, 0.29) is 11.9 Å². The quantitative estimate of drug-likeness (QED) is 0.843. The van der Waals surface area contributed by atoms with Gasteiger partial charge >= 0.3 is 0 Å². The van der Waals surface area contributed by atoms with Crippen LogP contribution in [0.15, 0.2) is 24.3 Å². The van der Waals surface area contributed by atoms with Crippen LogP contribution < -0.4 is 10.6 Å². The number of rotatable bonds is 3. The highest BCUT2D eigenvalue weighted by molar-refractivity contribution is 6.35. The summed E-state index contributed by atoms with van der Waals surface area (Å²) in [5.74, 6) is -0.0853. The Hall–Kier alpha value is -1.03. The summed E-state index contributed by atoms with van der Waals surface area (Å²) in [6.45, 7) is 1.91. The maximum atomic E-state index is 11.8. The van der Waals surface area contributed by atoms with Crippen molar-refractivity contribution in [2.45, 2.75) is 18.9 Å². The van der Waals surface area contributed by atoms with Gasteiger partial charge in [0.15, 0.2) is 0 Å². The van der Waals surface area contributed by atoms with E-state index in [1.165, 1.54) is 6.08 Å². The van der Waals surface area contributed by atoms with Gasteiger partial charge in [0, 0.05) is 22.2 Å². The number of carbonyl (C=O) groups excluding carboxylic acids is 1. The van der Waals surface area contributed by atoms with Gasteiger partial charge in [-0.05, 0) is 49.7 Å². The molecule has 1 fully saturated rings. The maximum absolute atomic E-state index is 11.8. The van der Waals surface area contributed by atoms with Gasteiger partial charge in [-0.15, -0.1) is 0 Å². The molecule has 0 unspecified atom stereocenters. The first kappa shape index (κ1) is 14.4. The molecule has 102 valence electrons. The minimum Gasteiger partial charge on any atom is -0.350 e. The minimum absolute atomic E-state index is 0.0853. The number of benzene rings is 1. The summed E-state index contributed by atoms with van der Waals surface area (Å²) in [4.78, 5) is 11.8.